The van der Waals surface area contributed by atoms with Crippen molar-refractivity contribution in [2.75, 3.05) is 13.2 Å². The lowest BCUT2D eigenvalue weighted by atomic mass is 9.81. The van der Waals surface area contributed by atoms with Gasteiger partial charge in [0.25, 0.3) is 0 Å². The molecule has 19 heteroatoms. The minimum atomic E-state index is -2.58. The standard InChI is InChI=1S/C26H36O19/c1-10(27)37-8-16-20(39-11(2)28)21(40-12(3)29)22(41-13(4)30)25(43-16)38-9-17-26(7-18(33)34,45-15(6)32)23(42-14(5)31)19(35)24(36)44-17/h16-17,19-25,35-36H,7-9H2,1-6H3,(H,33,34)/p-1/t16-,17+,19+,20-,21+,22-,23+,24+,25-,26?/m1/s1. The van der Waals surface area contributed by atoms with Gasteiger partial charge in [-0.1, -0.05) is 0 Å². The Bertz CT molecular complexity index is 1120. The van der Waals surface area contributed by atoms with Gasteiger partial charge in [0.1, 0.15) is 24.9 Å². The molecular weight excluding hydrogens is 616 g/mol. The lowest BCUT2D eigenvalue weighted by molar-refractivity contribution is -0.354. The molecule has 0 aliphatic carbocycles. The Morgan fingerprint density at radius 1 is 0.689 bits per heavy atom. The second-order valence-corrected chi connectivity index (χ2v) is 10.0. The summed E-state index contributed by atoms with van der Waals surface area (Å²) in [5.41, 5.74) is -2.58. The number of carbonyl (C=O) groups excluding carboxylic acids is 7. The topological polar surface area (TPSA) is 266 Å². The van der Waals surface area contributed by atoms with E-state index in [9.17, 15) is 48.9 Å². The van der Waals surface area contributed by atoms with Gasteiger partial charge in [-0.25, -0.2) is 0 Å². The molecule has 2 rings (SSSR count). The third-order valence-corrected chi connectivity index (χ3v) is 6.34. The van der Waals surface area contributed by atoms with Crippen molar-refractivity contribution >= 4 is 41.8 Å². The number of carboxylic acid groups (broad SMARTS) is 1. The first-order valence-electron chi connectivity index (χ1n) is 13.4. The second-order valence-electron chi connectivity index (χ2n) is 10.0. The molecule has 0 aromatic heterocycles. The van der Waals surface area contributed by atoms with Crippen LogP contribution in [0.15, 0.2) is 0 Å². The monoisotopic (exact) mass is 651 g/mol. The summed E-state index contributed by atoms with van der Waals surface area (Å²) in [6.07, 6.45) is -17.5. The largest absolute Gasteiger partial charge is 0.550 e. The summed E-state index contributed by atoms with van der Waals surface area (Å²) in [5.74, 6) is -7.61. The van der Waals surface area contributed by atoms with E-state index in [1.54, 1.807) is 0 Å². The van der Waals surface area contributed by atoms with Gasteiger partial charge in [-0.3, -0.25) is 28.8 Å². The Hall–Kier alpha value is -3.91. The molecule has 45 heavy (non-hydrogen) atoms. The van der Waals surface area contributed by atoms with Crippen molar-refractivity contribution in [2.24, 2.45) is 0 Å². The number of aliphatic hydroxyl groups is 2. The van der Waals surface area contributed by atoms with Crippen LogP contribution in [-0.2, 0) is 76.2 Å². The molecule has 19 nitrogen and oxygen atoms in total. The Labute approximate surface area is 255 Å². The number of rotatable bonds is 12. The Balaban J connectivity index is 2.60. The highest BCUT2D eigenvalue weighted by Crippen LogP contribution is 2.39. The number of aliphatic carboxylic acids is 1. The summed E-state index contributed by atoms with van der Waals surface area (Å²) in [5, 5.41) is 32.8. The molecule has 0 amide bonds. The predicted molar refractivity (Wildman–Crippen MR) is 134 cm³/mol. The van der Waals surface area contributed by atoms with E-state index in [1.807, 2.05) is 0 Å². The summed E-state index contributed by atoms with van der Waals surface area (Å²) < 4.78 is 48.1. The lowest BCUT2D eigenvalue weighted by Gasteiger charge is -2.51. The minimum Gasteiger partial charge on any atom is -0.550 e. The SMILES string of the molecule is CC(=O)OC[C@H]1O[C@@H](OC[C@@H]2O[C@H](O)[C@@H](O)[C@H](OC(C)=O)C2(CC(=O)[O-])OC(C)=O)[C@H](OC(C)=O)[C@@H](OC(C)=O)[C@@H]1OC(C)=O. The van der Waals surface area contributed by atoms with Crippen LogP contribution in [0.25, 0.3) is 0 Å². The number of hydrogen-bond acceptors (Lipinski definition) is 19. The van der Waals surface area contributed by atoms with E-state index in [4.69, 9.17) is 42.6 Å². The van der Waals surface area contributed by atoms with Crippen LogP contribution in [0.2, 0.25) is 0 Å². The van der Waals surface area contributed by atoms with Crippen molar-refractivity contribution in [3.05, 3.63) is 0 Å². The normalized spacial score (nSPS) is 32.8. The van der Waals surface area contributed by atoms with Gasteiger partial charge < -0.3 is 62.7 Å². The molecule has 2 heterocycles. The first-order valence-corrected chi connectivity index (χ1v) is 13.4. The molecular formula is C26H35O19-. The molecule has 1 unspecified atom stereocenters. The van der Waals surface area contributed by atoms with Crippen LogP contribution in [0, 0.1) is 0 Å². The number of hydrogen-bond donors (Lipinski definition) is 2. The molecule has 0 aromatic carbocycles. The van der Waals surface area contributed by atoms with Gasteiger partial charge in [0, 0.05) is 53.9 Å². The van der Waals surface area contributed by atoms with Crippen LogP contribution in [0.3, 0.4) is 0 Å². The molecule has 2 aliphatic heterocycles. The molecule has 0 spiro atoms. The summed E-state index contributed by atoms with van der Waals surface area (Å²) in [7, 11) is 0. The maximum atomic E-state index is 12.2. The van der Waals surface area contributed by atoms with E-state index in [1.165, 1.54) is 0 Å². The number of ether oxygens (including phenoxy) is 9. The zero-order valence-corrected chi connectivity index (χ0v) is 25.2. The number of carbonyl (C=O) groups is 7. The van der Waals surface area contributed by atoms with Crippen molar-refractivity contribution in [3.8, 4) is 0 Å². The molecule has 2 fully saturated rings. The fourth-order valence-corrected chi connectivity index (χ4v) is 4.89. The summed E-state index contributed by atoms with van der Waals surface area (Å²) in [4.78, 5) is 83.5. The molecule has 254 valence electrons. The summed E-state index contributed by atoms with van der Waals surface area (Å²) >= 11 is 0. The van der Waals surface area contributed by atoms with E-state index in [0.29, 0.717) is 0 Å². The molecule has 0 aromatic rings. The predicted octanol–water partition coefficient (Wildman–Crippen LogP) is -3.46. The van der Waals surface area contributed by atoms with Crippen molar-refractivity contribution in [3.63, 3.8) is 0 Å². The van der Waals surface area contributed by atoms with E-state index >= 15 is 0 Å². The molecule has 0 saturated carbocycles. The highest BCUT2D eigenvalue weighted by Gasteiger charge is 2.61. The van der Waals surface area contributed by atoms with Gasteiger partial charge in [0.05, 0.1) is 6.61 Å². The van der Waals surface area contributed by atoms with E-state index in [-0.39, 0.29) is 0 Å². The Morgan fingerprint density at radius 2 is 1.22 bits per heavy atom. The Morgan fingerprint density at radius 3 is 1.71 bits per heavy atom. The van der Waals surface area contributed by atoms with E-state index < -0.39 is 122 Å². The van der Waals surface area contributed by atoms with Gasteiger partial charge in [-0.2, -0.15) is 0 Å². The van der Waals surface area contributed by atoms with Crippen LogP contribution >= 0.6 is 0 Å². The van der Waals surface area contributed by atoms with Crippen molar-refractivity contribution in [1.82, 2.24) is 0 Å². The second kappa shape index (κ2) is 15.9. The molecule has 0 bridgehead atoms. The van der Waals surface area contributed by atoms with E-state index in [0.717, 1.165) is 41.5 Å². The number of esters is 6. The van der Waals surface area contributed by atoms with Crippen molar-refractivity contribution < 1.29 is 91.5 Å². The average Bonchev–Trinajstić information content (AvgIpc) is 2.88. The lowest BCUT2D eigenvalue weighted by Crippen LogP contribution is -2.71. The van der Waals surface area contributed by atoms with Gasteiger partial charge >= 0.3 is 35.8 Å². The van der Waals surface area contributed by atoms with Crippen molar-refractivity contribution in [2.45, 2.75) is 109 Å². The number of carboxylic acids is 1. The molecule has 2 aliphatic rings. The Kier molecular flexibility index (Phi) is 13.2. The first kappa shape index (κ1) is 37.3. The quantitative estimate of drug-likeness (QED) is 0.153. The molecule has 2 N–H and O–H groups in total. The van der Waals surface area contributed by atoms with E-state index in [2.05, 4.69) is 0 Å². The highest BCUT2D eigenvalue weighted by molar-refractivity contribution is 5.71. The van der Waals surface area contributed by atoms with Gasteiger partial charge in [-0.15, -0.1) is 0 Å². The van der Waals surface area contributed by atoms with Gasteiger partial charge in [-0.05, 0) is 0 Å². The van der Waals surface area contributed by atoms with Gasteiger partial charge in [0.15, 0.2) is 42.6 Å². The maximum Gasteiger partial charge on any atom is 0.303 e. The van der Waals surface area contributed by atoms with Crippen LogP contribution in [0.1, 0.15) is 48.0 Å². The minimum absolute atomic E-state index is 0.598. The molecule has 2 saturated heterocycles. The fraction of sp³-hybridized carbons (Fsp3) is 0.731. The highest BCUT2D eigenvalue weighted by atomic mass is 16.7. The zero-order valence-electron chi connectivity index (χ0n) is 25.2. The third kappa shape index (κ3) is 10.0. The summed E-state index contributed by atoms with van der Waals surface area (Å²) in [6, 6.07) is 0. The first-order chi connectivity index (χ1) is 20.9. The van der Waals surface area contributed by atoms with Crippen LogP contribution in [0.5, 0.6) is 0 Å². The van der Waals surface area contributed by atoms with Crippen molar-refractivity contribution in [1.29, 1.82) is 0 Å². The molecule has 10 atom stereocenters. The maximum absolute atomic E-state index is 12.2. The fourth-order valence-electron chi connectivity index (χ4n) is 4.89. The average molecular weight is 652 g/mol. The van der Waals surface area contributed by atoms with Crippen LogP contribution in [0.4, 0.5) is 0 Å². The third-order valence-electron chi connectivity index (χ3n) is 6.34. The molecule has 0 radical (unpaired) electrons. The van der Waals surface area contributed by atoms with Crippen LogP contribution < -0.4 is 5.11 Å². The smallest absolute Gasteiger partial charge is 0.303 e. The number of aliphatic hydroxyl groups excluding tert-OH is 2. The zero-order chi connectivity index (χ0) is 34.2. The van der Waals surface area contributed by atoms with Gasteiger partial charge in [0.2, 0.25) is 0 Å². The van der Waals surface area contributed by atoms with Crippen LogP contribution in [-0.4, -0.2) is 126 Å². The summed E-state index contributed by atoms with van der Waals surface area (Å²) in [6.45, 7) is 4.30.